The van der Waals surface area contributed by atoms with Crippen molar-refractivity contribution < 1.29 is 0 Å². The van der Waals surface area contributed by atoms with Gasteiger partial charge in [0.05, 0.1) is 0 Å². The lowest BCUT2D eigenvalue weighted by Crippen LogP contribution is -2.18. The molecule has 1 heterocycles. The number of aromatic nitrogens is 3. The Kier molecular flexibility index (Phi) is 5.50. The van der Waals surface area contributed by atoms with Gasteiger partial charge in [-0.2, -0.15) is 15.0 Å². The summed E-state index contributed by atoms with van der Waals surface area (Å²) in [6.45, 7) is 2.34. The normalized spacial score (nSPS) is 10.1. The molecule has 0 spiro atoms. The van der Waals surface area contributed by atoms with E-state index in [1.54, 1.807) is 0 Å². The van der Waals surface area contributed by atoms with Crippen LogP contribution >= 0.6 is 22.6 Å². The molecule has 0 bridgehead atoms. The molecule has 0 unspecified atom stereocenters. The summed E-state index contributed by atoms with van der Waals surface area (Å²) in [6, 6.07) is 0. The second-order valence-electron chi connectivity index (χ2n) is 2.68. The molecule has 15 heavy (non-hydrogen) atoms. The second-order valence-corrected chi connectivity index (χ2v) is 3.65. The van der Waals surface area contributed by atoms with Gasteiger partial charge in [-0.05, 0) is 0 Å². The van der Waals surface area contributed by atoms with Crippen molar-refractivity contribution in [3.8, 4) is 0 Å². The highest BCUT2D eigenvalue weighted by molar-refractivity contribution is 14.1. The highest BCUT2D eigenvalue weighted by Crippen LogP contribution is 2.06. The van der Waals surface area contributed by atoms with E-state index in [9.17, 15) is 0 Å². The van der Waals surface area contributed by atoms with Crippen LogP contribution in [0.2, 0.25) is 0 Å². The fourth-order valence-corrected chi connectivity index (χ4v) is 1.33. The lowest BCUT2D eigenvalue weighted by atomic mass is 10.6. The molecule has 0 aromatic carbocycles. The van der Waals surface area contributed by atoms with Crippen LogP contribution in [-0.4, -0.2) is 41.1 Å². The lowest BCUT2D eigenvalue weighted by molar-refractivity contribution is 0.929. The van der Waals surface area contributed by atoms with Crippen molar-refractivity contribution in [1.29, 1.82) is 0 Å². The highest BCUT2D eigenvalue weighted by Gasteiger charge is 2.02. The van der Waals surface area contributed by atoms with Gasteiger partial charge in [0.2, 0.25) is 11.9 Å². The Hall–Kier alpha value is -0.740. The molecule has 1 aromatic rings. The van der Waals surface area contributed by atoms with Gasteiger partial charge in [0.25, 0.3) is 0 Å². The van der Waals surface area contributed by atoms with E-state index in [-0.39, 0.29) is 0 Å². The number of nitrogens with two attached hydrogens (primary N) is 2. The van der Waals surface area contributed by atoms with Crippen molar-refractivity contribution >= 4 is 34.5 Å². The van der Waals surface area contributed by atoms with E-state index < -0.39 is 0 Å². The molecule has 0 saturated heterocycles. The average molecular weight is 323 g/mol. The molecule has 7 nitrogen and oxygen atoms in total. The van der Waals surface area contributed by atoms with E-state index in [0.717, 1.165) is 0 Å². The van der Waals surface area contributed by atoms with Crippen LogP contribution in [0.3, 0.4) is 0 Å². The summed E-state index contributed by atoms with van der Waals surface area (Å²) in [5, 5.41) is 5.98. The number of halogens is 1. The van der Waals surface area contributed by atoms with E-state index in [1.165, 1.54) is 0 Å². The van der Waals surface area contributed by atoms with Crippen molar-refractivity contribution in [2.75, 3.05) is 36.8 Å². The summed E-state index contributed by atoms with van der Waals surface area (Å²) in [6.07, 6.45) is 0. The number of hydrogen-bond acceptors (Lipinski definition) is 7. The Morgan fingerprint density at radius 2 is 1.40 bits per heavy atom. The number of rotatable bonds is 6. The van der Waals surface area contributed by atoms with Gasteiger partial charge in [-0.15, -0.1) is 0 Å². The SMILES string of the molecule is NCCNc1nc(I)nc(NCCN)n1. The zero-order valence-corrected chi connectivity index (χ0v) is 10.4. The van der Waals surface area contributed by atoms with Gasteiger partial charge in [-0.25, -0.2) is 0 Å². The minimum absolute atomic E-state index is 0.527. The van der Waals surface area contributed by atoms with Crippen LogP contribution in [0.25, 0.3) is 0 Å². The monoisotopic (exact) mass is 323 g/mol. The maximum Gasteiger partial charge on any atom is 0.228 e. The first kappa shape index (κ1) is 12.3. The maximum absolute atomic E-state index is 5.36. The smallest absolute Gasteiger partial charge is 0.228 e. The molecule has 0 atom stereocenters. The molecule has 1 aromatic heterocycles. The molecule has 0 fully saturated rings. The molecular formula is C7H14IN7. The summed E-state index contributed by atoms with van der Waals surface area (Å²) in [5.41, 5.74) is 10.7. The van der Waals surface area contributed by atoms with Crippen molar-refractivity contribution in [1.82, 2.24) is 15.0 Å². The molecular weight excluding hydrogens is 309 g/mol. The topological polar surface area (TPSA) is 115 Å². The molecule has 1 rings (SSSR count). The summed E-state index contributed by atoms with van der Waals surface area (Å²) in [4.78, 5) is 12.4. The summed E-state index contributed by atoms with van der Waals surface area (Å²) >= 11 is 2.03. The average Bonchev–Trinajstić information content (AvgIpc) is 2.23. The van der Waals surface area contributed by atoms with Crippen LogP contribution in [0.1, 0.15) is 0 Å². The molecule has 0 aliphatic rings. The van der Waals surface area contributed by atoms with Crippen LogP contribution in [0, 0.1) is 3.83 Å². The first-order chi connectivity index (χ1) is 7.26. The third-order valence-corrected chi connectivity index (χ3v) is 1.95. The van der Waals surface area contributed by atoms with Gasteiger partial charge in [0.1, 0.15) is 0 Å². The predicted molar refractivity (Wildman–Crippen MR) is 67.6 cm³/mol. The standard InChI is InChI=1S/C7H14IN7/c8-5-13-6(11-3-1-9)15-7(14-5)12-4-2-10/h1-4,9-10H2,(H2,11,12,13,14,15). The summed E-state index contributed by atoms with van der Waals surface area (Å²) in [5.74, 6) is 1.05. The van der Waals surface area contributed by atoms with E-state index in [1.807, 2.05) is 22.6 Å². The largest absolute Gasteiger partial charge is 0.353 e. The van der Waals surface area contributed by atoms with Crippen LogP contribution in [-0.2, 0) is 0 Å². The molecule has 0 amide bonds. The minimum atomic E-state index is 0.527. The summed E-state index contributed by atoms with van der Waals surface area (Å²) in [7, 11) is 0. The molecule has 0 aliphatic carbocycles. The molecule has 0 aliphatic heterocycles. The third kappa shape index (κ3) is 4.53. The highest BCUT2D eigenvalue weighted by atomic mass is 127. The van der Waals surface area contributed by atoms with Gasteiger partial charge in [0.15, 0.2) is 3.83 Å². The van der Waals surface area contributed by atoms with Crippen molar-refractivity contribution in [3.05, 3.63) is 3.83 Å². The van der Waals surface area contributed by atoms with Crippen LogP contribution < -0.4 is 22.1 Å². The third-order valence-electron chi connectivity index (χ3n) is 1.46. The minimum Gasteiger partial charge on any atom is -0.353 e. The lowest BCUT2D eigenvalue weighted by Gasteiger charge is -2.06. The van der Waals surface area contributed by atoms with E-state index in [4.69, 9.17) is 11.5 Å². The van der Waals surface area contributed by atoms with Crippen LogP contribution in [0.5, 0.6) is 0 Å². The molecule has 6 N–H and O–H groups in total. The summed E-state index contributed by atoms with van der Waals surface area (Å²) < 4.78 is 0.627. The van der Waals surface area contributed by atoms with Gasteiger partial charge < -0.3 is 22.1 Å². The van der Waals surface area contributed by atoms with Crippen molar-refractivity contribution in [3.63, 3.8) is 0 Å². The number of hydrogen-bond donors (Lipinski definition) is 4. The van der Waals surface area contributed by atoms with E-state index in [0.29, 0.717) is 41.9 Å². The molecule has 0 radical (unpaired) electrons. The number of nitrogens with one attached hydrogen (secondary N) is 2. The Balaban J connectivity index is 2.66. The number of anilines is 2. The van der Waals surface area contributed by atoms with Crippen molar-refractivity contribution in [2.24, 2.45) is 11.5 Å². The van der Waals surface area contributed by atoms with E-state index in [2.05, 4.69) is 25.6 Å². The fourth-order valence-electron chi connectivity index (χ4n) is 0.876. The Labute approximate surface area is 102 Å². The fraction of sp³-hybridized carbons (Fsp3) is 0.571. The Morgan fingerprint density at radius 3 is 1.80 bits per heavy atom. The van der Waals surface area contributed by atoms with Crippen molar-refractivity contribution in [2.45, 2.75) is 0 Å². The van der Waals surface area contributed by atoms with Gasteiger partial charge >= 0.3 is 0 Å². The van der Waals surface area contributed by atoms with Gasteiger partial charge in [0, 0.05) is 48.8 Å². The maximum atomic E-state index is 5.36. The molecule has 0 saturated carbocycles. The molecule has 8 heteroatoms. The zero-order valence-electron chi connectivity index (χ0n) is 8.20. The predicted octanol–water partition coefficient (Wildman–Crippen LogP) is -0.783. The zero-order chi connectivity index (χ0) is 11.1. The Bertz CT molecular complexity index is 279. The van der Waals surface area contributed by atoms with Crippen LogP contribution in [0.4, 0.5) is 11.9 Å². The Morgan fingerprint density at radius 1 is 0.933 bits per heavy atom. The quantitative estimate of drug-likeness (QED) is 0.508. The second kappa shape index (κ2) is 6.69. The van der Waals surface area contributed by atoms with Gasteiger partial charge in [-0.1, -0.05) is 0 Å². The van der Waals surface area contributed by atoms with Gasteiger partial charge in [-0.3, -0.25) is 0 Å². The first-order valence-corrected chi connectivity index (χ1v) is 5.63. The van der Waals surface area contributed by atoms with Crippen LogP contribution in [0.15, 0.2) is 0 Å². The first-order valence-electron chi connectivity index (χ1n) is 4.55. The number of nitrogens with zero attached hydrogens (tertiary/aromatic N) is 3. The molecule has 84 valence electrons. The van der Waals surface area contributed by atoms with E-state index >= 15 is 0 Å².